The molecule has 2 aromatic rings. The van der Waals surface area contributed by atoms with Crippen LogP contribution in [0.15, 0.2) is 12.7 Å². The lowest BCUT2D eigenvalue weighted by Crippen LogP contribution is -2.56. The third kappa shape index (κ3) is 2.54. The van der Waals surface area contributed by atoms with Gasteiger partial charge in [0.25, 0.3) is 0 Å². The van der Waals surface area contributed by atoms with E-state index < -0.39 is 37.3 Å². The number of ether oxygens (including phenoxy) is 1. The Morgan fingerprint density at radius 2 is 1.87 bits per heavy atom. The molecular formula is C13H19N5O5. The fourth-order valence-corrected chi connectivity index (χ4v) is 2.66. The molecule has 0 spiro atoms. The molecule has 0 aromatic carbocycles. The number of aliphatic hydroxyl groups is 4. The molecule has 2 aromatic heterocycles. The molecule has 0 aliphatic carbocycles. The van der Waals surface area contributed by atoms with E-state index in [0.29, 0.717) is 17.0 Å². The Morgan fingerprint density at radius 1 is 1.13 bits per heavy atom. The minimum Gasteiger partial charge on any atom is -0.394 e. The van der Waals surface area contributed by atoms with E-state index in [2.05, 4.69) is 15.0 Å². The second-order valence-corrected chi connectivity index (χ2v) is 5.64. The van der Waals surface area contributed by atoms with Gasteiger partial charge in [0.05, 0.1) is 12.9 Å². The first-order valence-electron chi connectivity index (χ1n) is 7.11. The van der Waals surface area contributed by atoms with Gasteiger partial charge in [-0.3, -0.25) is 4.57 Å². The van der Waals surface area contributed by atoms with Crippen LogP contribution in [0.25, 0.3) is 11.2 Å². The highest BCUT2D eigenvalue weighted by molar-refractivity contribution is 5.83. The summed E-state index contributed by atoms with van der Waals surface area (Å²) in [7, 11) is 3.63. The number of hydrogen-bond donors (Lipinski definition) is 4. The van der Waals surface area contributed by atoms with Gasteiger partial charge in [-0.2, -0.15) is 0 Å². The third-order valence-electron chi connectivity index (χ3n) is 3.90. The van der Waals surface area contributed by atoms with E-state index in [0.717, 1.165) is 0 Å². The minimum atomic E-state index is -1.46. The molecule has 10 heteroatoms. The van der Waals surface area contributed by atoms with Gasteiger partial charge in [0, 0.05) is 14.1 Å². The molecule has 0 radical (unpaired) electrons. The van der Waals surface area contributed by atoms with Crippen molar-refractivity contribution in [1.82, 2.24) is 19.5 Å². The van der Waals surface area contributed by atoms with Crippen molar-refractivity contribution in [2.24, 2.45) is 0 Å². The van der Waals surface area contributed by atoms with Crippen molar-refractivity contribution in [1.29, 1.82) is 0 Å². The SMILES string of the molecule is CN(C)c1ncnc2c1ncn2[C@@H]1O[C@H](CO)[C@@H](O)[C@H](O)[C@H]1O. The van der Waals surface area contributed by atoms with Crippen LogP contribution >= 0.6 is 0 Å². The topological polar surface area (TPSA) is 137 Å². The molecule has 3 rings (SSSR count). The van der Waals surface area contributed by atoms with Crippen LogP contribution < -0.4 is 4.90 Å². The van der Waals surface area contributed by atoms with Gasteiger partial charge in [0.1, 0.15) is 30.7 Å². The van der Waals surface area contributed by atoms with Gasteiger partial charge in [-0.1, -0.05) is 0 Å². The van der Waals surface area contributed by atoms with E-state index in [-0.39, 0.29) is 0 Å². The maximum absolute atomic E-state index is 10.2. The summed E-state index contributed by atoms with van der Waals surface area (Å²) in [6.07, 6.45) is -3.53. The molecule has 10 nitrogen and oxygen atoms in total. The molecule has 1 aliphatic rings. The van der Waals surface area contributed by atoms with Gasteiger partial charge in [-0.25, -0.2) is 15.0 Å². The summed E-state index contributed by atoms with van der Waals surface area (Å²) in [5.74, 6) is 0.596. The van der Waals surface area contributed by atoms with Gasteiger partial charge in [0.2, 0.25) is 0 Å². The molecular weight excluding hydrogens is 306 g/mol. The van der Waals surface area contributed by atoms with Gasteiger partial charge >= 0.3 is 0 Å². The van der Waals surface area contributed by atoms with Crippen LogP contribution in [0.5, 0.6) is 0 Å². The van der Waals surface area contributed by atoms with Crippen LogP contribution in [0.4, 0.5) is 5.82 Å². The minimum absolute atomic E-state index is 0.410. The Kier molecular flexibility index (Phi) is 4.17. The Balaban J connectivity index is 2.04. The van der Waals surface area contributed by atoms with Gasteiger partial charge in [-0.05, 0) is 0 Å². The van der Waals surface area contributed by atoms with Gasteiger partial charge in [0.15, 0.2) is 23.2 Å². The number of hydrogen-bond acceptors (Lipinski definition) is 9. The van der Waals surface area contributed by atoms with Crippen molar-refractivity contribution in [2.75, 3.05) is 25.6 Å². The number of nitrogens with zero attached hydrogens (tertiary/aromatic N) is 5. The second kappa shape index (κ2) is 5.98. The van der Waals surface area contributed by atoms with Crippen molar-refractivity contribution in [2.45, 2.75) is 30.6 Å². The molecule has 0 bridgehead atoms. The largest absolute Gasteiger partial charge is 0.394 e. The molecule has 0 amide bonds. The Morgan fingerprint density at radius 3 is 2.52 bits per heavy atom. The molecule has 3 heterocycles. The summed E-state index contributed by atoms with van der Waals surface area (Å²) >= 11 is 0. The summed E-state index contributed by atoms with van der Waals surface area (Å²) < 4.78 is 6.97. The lowest BCUT2D eigenvalue weighted by molar-refractivity contribution is -0.250. The lowest BCUT2D eigenvalue weighted by atomic mass is 9.98. The fourth-order valence-electron chi connectivity index (χ4n) is 2.66. The maximum atomic E-state index is 10.2. The van der Waals surface area contributed by atoms with E-state index >= 15 is 0 Å². The number of fused-ring (bicyclic) bond motifs is 1. The fraction of sp³-hybridized carbons (Fsp3) is 0.615. The summed E-state index contributed by atoms with van der Waals surface area (Å²) in [6, 6.07) is 0. The predicted octanol–water partition coefficient (Wildman–Crippen LogP) is -2.14. The van der Waals surface area contributed by atoms with Crippen molar-refractivity contribution < 1.29 is 25.2 Å². The number of aromatic nitrogens is 4. The molecule has 0 unspecified atom stereocenters. The zero-order valence-corrected chi connectivity index (χ0v) is 12.7. The number of anilines is 1. The molecule has 0 saturated carbocycles. The highest BCUT2D eigenvalue weighted by atomic mass is 16.6. The van der Waals surface area contributed by atoms with Crippen molar-refractivity contribution >= 4 is 17.0 Å². The maximum Gasteiger partial charge on any atom is 0.167 e. The van der Waals surface area contributed by atoms with Crippen molar-refractivity contribution in [3.8, 4) is 0 Å². The van der Waals surface area contributed by atoms with Crippen LogP contribution in [0.1, 0.15) is 6.23 Å². The van der Waals surface area contributed by atoms with Crippen LogP contribution in [0, 0.1) is 0 Å². The van der Waals surface area contributed by atoms with Crippen LogP contribution in [-0.2, 0) is 4.74 Å². The normalized spacial score (nSPS) is 31.5. The average Bonchev–Trinajstić information content (AvgIpc) is 2.96. The summed E-state index contributed by atoms with van der Waals surface area (Å²) in [4.78, 5) is 14.3. The third-order valence-corrected chi connectivity index (χ3v) is 3.90. The van der Waals surface area contributed by atoms with E-state index in [9.17, 15) is 20.4 Å². The number of rotatable bonds is 3. The number of aliphatic hydroxyl groups excluding tert-OH is 4. The Bertz CT molecular complexity index is 690. The highest BCUT2D eigenvalue weighted by Crippen LogP contribution is 2.31. The molecule has 23 heavy (non-hydrogen) atoms. The highest BCUT2D eigenvalue weighted by Gasteiger charge is 2.44. The van der Waals surface area contributed by atoms with E-state index in [4.69, 9.17) is 4.74 Å². The molecule has 1 fully saturated rings. The molecule has 4 N–H and O–H groups in total. The predicted molar refractivity (Wildman–Crippen MR) is 78.7 cm³/mol. The molecule has 5 atom stereocenters. The van der Waals surface area contributed by atoms with Gasteiger partial charge in [-0.15, -0.1) is 0 Å². The molecule has 1 aliphatic heterocycles. The zero-order valence-electron chi connectivity index (χ0n) is 12.7. The second-order valence-electron chi connectivity index (χ2n) is 5.64. The Hall–Kier alpha value is -1.85. The first-order valence-corrected chi connectivity index (χ1v) is 7.11. The van der Waals surface area contributed by atoms with Crippen LogP contribution in [-0.4, -0.2) is 85.1 Å². The molecule has 126 valence electrons. The lowest BCUT2D eigenvalue weighted by Gasteiger charge is -2.40. The van der Waals surface area contributed by atoms with Crippen molar-refractivity contribution in [3.63, 3.8) is 0 Å². The standard InChI is InChI=1S/C13H19N5O5/c1-17(2)11-7-12(15-4-14-11)18(5-16-7)13-10(22)9(21)8(20)6(3-19)23-13/h4-6,8-10,13,19-22H,3H2,1-2H3/t6-,8-,9+,10-,13-/m1/s1. The Labute approximate surface area is 131 Å². The van der Waals surface area contributed by atoms with Gasteiger partial charge < -0.3 is 30.1 Å². The average molecular weight is 325 g/mol. The van der Waals surface area contributed by atoms with Crippen molar-refractivity contribution in [3.05, 3.63) is 12.7 Å². The van der Waals surface area contributed by atoms with E-state index in [1.54, 1.807) is 4.90 Å². The van der Waals surface area contributed by atoms with Crippen LogP contribution in [0.2, 0.25) is 0 Å². The summed E-state index contributed by atoms with van der Waals surface area (Å²) in [5, 5.41) is 39.3. The molecule has 1 saturated heterocycles. The quantitative estimate of drug-likeness (QED) is 0.498. The number of imidazole rings is 1. The smallest absolute Gasteiger partial charge is 0.167 e. The zero-order chi connectivity index (χ0) is 16.7. The summed E-state index contributed by atoms with van der Waals surface area (Å²) in [5.41, 5.74) is 0.919. The monoisotopic (exact) mass is 325 g/mol. The van der Waals surface area contributed by atoms with E-state index in [1.807, 2.05) is 14.1 Å². The summed E-state index contributed by atoms with van der Waals surface area (Å²) in [6.45, 7) is -0.494. The van der Waals surface area contributed by atoms with E-state index in [1.165, 1.54) is 17.2 Å². The first-order chi connectivity index (χ1) is 11.0. The first kappa shape index (κ1) is 16.0. The van der Waals surface area contributed by atoms with Crippen LogP contribution in [0.3, 0.4) is 0 Å².